The number of carbonyl (C=O) groups excluding carboxylic acids is 2. The molecule has 0 aromatic heterocycles. The second-order valence-electron chi connectivity index (χ2n) is 3.65. The molecule has 0 bridgehead atoms. The molecule has 0 unspecified atom stereocenters. The van der Waals surface area contributed by atoms with Crippen molar-refractivity contribution in [3.8, 4) is 0 Å². The van der Waals surface area contributed by atoms with Gasteiger partial charge in [0.1, 0.15) is 0 Å². The number of rotatable bonds is 9. The molecular weight excluding hydrogens is 220 g/mol. The number of carbonyl (C=O) groups is 2. The fourth-order valence-corrected chi connectivity index (χ4v) is 1.20. The van der Waals surface area contributed by atoms with Crippen LogP contribution in [0.3, 0.4) is 0 Å². The van der Waals surface area contributed by atoms with Gasteiger partial charge >= 0.3 is 6.09 Å². The molecule has 0 saturated carbocycles. The van der Waals surface area contributed by atoms with Crippen LogP contribution < -0.4 is 10.6 Å². The van der Waals surface area contributed by atoms with Crippen molar-refractivity contribution in [3.63, 3.8) is 0 Å². The normalized spacial score (nSPS) is 9.47. The van der Waals surface area contributed by atoms with Crippen LogP contribution in [0.15, 0.2) is 12.7 Å². The highest BCUT2D eigenvalue weighted by Crippen LogP contribution is 2.03. The Hall–Kier alpha value is -1.52. The van der Waals surface area contributed by atoms with E-state index in [1.54, 1.807) is 0 Å². The van der Waals surface area contributed by atoms with Crippen LogP contribution in [-0.4, -0.2) is 32.2 Å². The lowest BCUT2D eigenvalue weighted by Gasteiger charge is -2.06. The molecule has 0 aliphatic rings. The molecule has 0 heterocycles. The summed E-state index contributed by atoms with van der Waals surface area (Å²) in [7, 11) is 1.51. The van der Waals surface area contributed by atoms with E-state index in [1.807, 2.05) is 6.08 Å². The Labute approximate surface area is 103 Å². The number of likely N-dealkylation sites (N-methyl/N-ethyl adjacent to an activating group) is 1. The predicted molar refractivity (Wildman–Crippen MR) is 66.7 cm³/mol. The molecule has 0 aromatic rings. The second kappa shape index (κ2) is 11.0. The molecule has 0 spiro atoms. The first kappa shape index (κ1) is 15.5. The Morgan fingerprint density at radius 2 is 1.94 bits per heavy atom. The third kappa shape index (κ3) is 10.8. The summed E-state index contributed by atoms with van der Waals surface area (Å²) in [5.41, 5.74) is 0. The molecule has 0 fully saturated rings. The molecule has 0 aromatic carbocycles. The van der Waals surface area contributed by atoms with Crippen LogP contribution >= 0.6 is 0 Å². The Kier molecular flexibility index (Phi) is 10.00. The number of allylic oxidation sites excluding steroid dienone is 1. The molecule has 0 aliphatic carbocycles. The SMILES string of the molecule is C=CCCCCCCOC(=O)NCC(=O)NC. The molecule has 0 rings (SSSR count). The lowest BCUT2D eigenvalue weighted by atomic mass is 10.1. The summed E-state index contributed by atoms with van der Waals surface area (Å²) in [6.45, 7) is 4.00. The van der Waals surface area contributed by atoms with Crippen molar-refractivity contribution in [1.29, 1.82) is 0 Å². The smallest absolute Gasteiger partial charge is 0.407 e. The fraction of sp³-hybridized carbons (Fsp3) is 0.667. The maximum Gasteiger partial charge on any atom is 0.407 e. The minimum Gasteiger partial charge on any atom is -0.450 e. The molecule has 5 heteroatoms. The average Bonchev–Trinajstić information content (AvgIpc) is 2.34. The first-order valence-electron chi connectivity index (χ1n) is 5.92. The quantitative estimate of drug-likeness (QED) is 0.476. The van der Waals surface area contributed by atoms with Gasteiger partial charge in [-0.15, -0.1) is 6.58 Å². The summed E-state index contributed by atoms with van der Waals surface area (Å²) in [6, 6.07) is 0. The number of amides is 2. The molecule has 2 N–H and O–H groups in total. The van der Waals surface area contributed by atoms with Gasteiger partial charge in [0, 0.05) is 7.05 Å². The lowest BCUT2D eigenvalue weighted by molar-refractivity contribution is -0.119. The lowest BCUT2D eigenvalue weighted by Crippen LogP contribution is -2.35. The van der Waals surface area contributed by atoms with Gasteiger partial charge in [0.25, 0.3) is 0 Å². The van der Waals surface area contributed by atoms with Gasteiger partial charge in [-0.25, -0.2) is 4.79 Å². The third-order valence-corrected chi connectivity index (χ3v) is 2.21. The van der Waals surface area contributed by atoms with Gasteiger partial charge in [0.05, 0.1) is 13.2 Å². The third-order valence-electron chi connectivity index (χ3n) is 2.21. The van der Waals surface area contributed by atoms with Crippen LogP contribution in [0, 0.1) is 0 Å². The summed E-state index contributed by atoms with van der Waals surface area (Å²) < 4.78 is 4.89. The van der Waals surface area contributed by atoms with Gasteiger partial charge in [-0.3, -0.25) is 4.79 Å². The molecule has 5 nitrogen and oxygen atoms in total. The standard InChI is InChI=1S/C12H22N2O3/c1-3-4-5-6-7-8-9-17-12(16)14-10-11(15)13-2/h3H,1,4-10H2,2H3,(H,13,15)(H,14,16). The van der Waals surface area contributed by atoms with E-state index in [9.17, 15) is 9.59 Å². The summed E-state index contributed by atoms with van der Waals surface area (Å²) in [5.74, 6) is -0.244. The van der Waals surface area contributed by atoms with Crippen molar-refractivity contribution >= 4 is 12.0 Å². The molecule has 17 heavy (non-hydrogen) atoms. The highest BCUT2D eigenvalue weighted by Gasteiger charge is 2.03. The van der Waals surface area contributed by atoms with Crippen LogP contribution in [0.4, 0.5) is 4.79 Å². The van der Waals surface area contributed by atoms with Gasteiger partial charge in [-0.1, -0.05) is 18.9 Å². The van der Waals surface area contributed by atoms with Gasteiger partial charge in [0.15, 0.2) is 0 Å². The minimum absolute atomic E-state index is 0.0470. The van der Waals surface area contributed by atoms with E-state index in [0.717, 1.165) is 32.1 Å². The maximum absolute atomic E-state index is 11.1. The summed E-state index contributed by atoms with van der Waals surface area (Å²) in [5, 5.41) is 4.76. The second-order valence-corrected chi connectivity index (χ2v) is 3.65. The first-order chi connectivity index (χ1) is 8.20. The van der Waals surface area contributed by atoms with Crippen LogP contribution in [0.5, 0.6) is 0 Å². The van der Waals surface area contributed by atoms with Crippen LogP contribution in [0.2, 0.25) is 0 Å². The predicted octanol–water partition coefficient (Wildman–Crippen LogP) is 1.60. The molecule has 0 aliphatic heterocycles. The molecular formula is C12H22N2O3. The number of nitrogens with one attached hydrogen (secondary N) is 2. The minimum atomic E-state index is -0.542. The Balaban J connectivity index is 3.27. The van der Waals surface area contributed by atoms with E-state index in [1.165, 1.54) is 7.05 Å². The highest BCUT2D eigenvalue weighted by atomic mass is 16.5. The van der Waals surface area contributed by atoms with Crippen LogP contribution in [0.25, 0.3) is 0 Å². The maximum atomic E-state index is 11.1. The van der Waals surface area contributed by atoms with E-state index in [-0.39, 0.29) is 12.5 Å². The van der Waals surface area contributed by atoms with Crippen LogP contribution in [-0.2, 0) is 9.53 Å². The van der Waals surface area contributed by atoms with E-state index in [2.05, 4.69) is 17.2 Å². The largest absolute Gasteiger partial charge is 0.450 e. The van der Waals surface area contributed by atoms with Crippen LogP contribution in [0.1, 0.15) is 32.1 Å². The fourth-order valence-electron chi connectivity index (χ4n) is 1.20. The number of ether oxygens (including phenoxy) is 1. The monoisotopic (exact) mass is 242 g/mol. The van der Waals surface area contributed by atoms with Crippen molar-refractivity contribution in [2.24, 2.45) is 0 Å². The van der Waals surface area contributed by atoms with E-state index >= 15 is 0 Å². The molecule has 0 saturated heterocycles. The number of alkyl carbamates (subject to hydrolysis) is 1. The van der Waals surface area contributed by atoms with E-state index in [4.69, 9.17) is 4.74 Å². The van der Waals surface area contributed by atoms with E-state index in [0.29, 0.717) is 6.61 Å². The average molecular weight is 242 g/mol. The van der Waals surface area contributed by atoms with Crippen molar-refractivity contribution in [3.05, 3.63) is 12.7 Å². The Morgan fingerprint density at radius 3 is 2.59 bits per heavy atom. The van der Waals surface area contributed by atoms with Gasteiger partial charge in [0.2, 0.25) is 5.91 Å². The van der Waals surface area contributed by atoms with E-state index < -0.39 is 6.09 Å². The molecule has 0 radical (unpaired) electrons. The number of hydrogen-bond donors (Lipinski definition) is 2. The Bertz CT molecular complexity index is 242. The zero-order chi connectivity index (χ0) is 12.9. The summed E-state index contributed by atoms with van der Waals surface area (Å²) in [6.07, 6.45) is 6.54. The first-order valence-corrected chi connectivity index (χ1v) is 5.92. The zero-order valence-electron chi connectivity index (χ0n) is 10.5. The molecule has 2 amide bonds. The summed E-state index contributed by atoms with van der Waals surface area (Å²) >= 11 is 0. The van der Waals surface area contributed by atoms with Crippen molar-refractivity contribution in [1.82, 2.24) is 10.6 Å². The highest BCUT2D eigenvalue weighted by molar-refractivity contribution is 5.81. The Morgan fingerprint density at radius 1 is 1.24 bits per heavy atom. The zero-order valence-corrected chi connectivity index (χ0v) is 10.5. The molecule has 0 atom stereocenters. The van der Waals surface area contributed by atoms with Gasteiger partial charge < -0.3 is 15.4 Å². The van der Waals surface area contributed by atoms with Gasteiger partial charge in [-0.05, 0) is 19.3 Å². The van der Waals surface area contributed by atoms with Crippen molar-refractivity contribution in [2.45, 2.75) is 32.1 Å². The van der Waals surface area contributed by atoms with Crippen molar-refractivity contribution in [2.75, 3.05) is 20.2 Å². The number of hydrogen-bond acceptors (Lipinski definition) is 3. The van der Waals surface area contributed by atoms with Crippen molar-refractivity contribution < 1.29 is 14.3 Å². The van der Waals surface area contributed by atoms with Gasteiger partial charge in [-0.2, -0.15) is 0 Å². The summed E-state index contributed by atoms with van der Waals surface area (Å²) in [4.78, 5) is 21.9. The molecule has 98 valence electrons. The number of unbranched alkanes of at least 4 members (excludes halogenated alkanes) is 4. The topological polar surface area (TPSA) is 67.4 Å².